The highest BCUT2D eigenvalue weighted by Gasteiger charge is 2.28. The summed E-state index contributed by atoms with van der Waals surface area (Å²) < 4.78 is 0. The lowest BCUT2D eigenvalue weighted by molar-refractivity contribution is -0.141. The van der Waals surface area contributed by atoms with Crippen LogP contribution in [0.2, 0.25) is 0 Å². The predicted octanol–water partition coefficient (Wildman–Crippen LogP) is 5.91. The second-order valence-corrected chi connectivity index (χ2v) is 11.0. The minimum Gasteiger partial charge on any atom is -0.355 e. The van der Waals surface area contributed by atoms with Crippen molar-refractivity contribution < 1.29 is 19.2 Å². The zero-order valence-electron chi connectivity index (χ0n) is 21.7. The molecule has 2 unspecified atom stereocenters. The number of Topliss-reactive ketones (excluding diaryl/α,β-unsaturated/α-hetero) is 1. The van der Waals surface area contributed by atoms with E-state index in [0.717, 1.165) is 49.1 Å². The Morgan fingerprint density at radius 1 is 1.09 bits per heavy atom. The van der Waals surface area contributed by atoms with Crippen molar-refractivity contribution in [1.29, 1.82) is 0 Å². The molecule has 2 saturated carbocycles. The van der Waals surface area contributed by atoms with Crippen LogP contribution in [0.3, 0.4) is 0 Å². The van der Waals surface area contributed by atoms with Crippen molar-refractivity contribution in [2.45, 2.75) is 93.4 Å². The van der Waals surface area contributed by atoms with Gasteiger partial charge in [0.2, 0.25) is 5.91 Å². The van der Waals surface area contributed by atoms with Gasteiger partial charge in [-0.05, 0) is 101 Å². The Bertz CT molecular complexity index is 720. The fraction of sp³-hybridized carbons (Fsp3) is 0.769. The number of carbonyl (C=O) groups is 3. The number of rotatable bonds is 8. The first-order valence-electron chi connectivity index (χ1n) is 12.4. The van der Waals surface area contributed by atoms with E-state index >= 15 is 0 Å². The van der Waals surface area contributed by atoms with Gasteiger partial charge < -0.3 is 10.2 Å². The number of nitrogens with one attached hydrogen (secondary N) is 1. The lowest BCUT2D eigenvalue weighted by Crippen LogP contribution is -2.33. The zero-order chi connectivity index (χ0) is 25.0. The van der Waals surface area contributed by atoms with Crippen LogP contribution in [0.25, 0.3) is 0 Å². The second-order valence-electron chi connectivity index (χ2n) is 9.65. The molecular weight excluding hydrogens is 436 g/mol. The molecule has 0 aliphatic heterocycles. The van der Waals surface area contributed by atoms with Crippen molar-refractivity contribution in [3.05, 3.63) is 10.5 Å². The third-order valence-corrected chi connectivity index (χ3v) is 6.90. The molecule has 0 saturated heterocycles. The largest absolute Gasteiger partial charge is 0.355 e. The van der Waals surface area contributed by atoms with Crippen LogP contribution in [0.15, 0.2) is 15.6 Å². The number of ketones is 1. The maximum absolute atomic E-state index is 12.3. The maximum Gasteiger partial charge on any atom is 0.331 e. The molecule has 3 aliphatic carbocycles. The van der Waals surface area contributed by atoms with Crippen LogP contribution in [0.4, 0.5) is 0 Å². The molecule has 7 heteroatoms. The molecule has 3 aliphatic rings. The topological polar surface area (TPSA) is 84.8 Å². The van der Waals surface area contributed by atoms with Gasteiger partial charge in [0.25, 0.3) is 0 Å². The van der Waals surface area contributed by atoms with Gasteiger partial charge in [-0.25, -0.2) is 4.79 Å². The summed E-state index contributed by atoms with van der Waals surface area (Å²) >= 11 is 1.94. The molecule has 6 nitrogen and oxygen atoms in total. The molecule has 0 radical (unpaired) electrons. The summed E-state index contributed by atoms with van der Waals surface area (Å²) in [5.74, 6) is 3.37. The standard InChI is InChI=1S/C16H27NOS.C5H9NO2.C5H8O/c1-4-19-15-8-5-11(2)9-14(15)12(3)16(18)17-10-13-6-7-13;1-4(2)6-8-5(3)7;1-4(6)5-2-3-5/h11-13H,4-10H2,1-3H3,(H,17,18);1-3H3;5H,2-3H2,1H3. The lowest BCUT2D eigenvalue weighted by Gasteiger charge is -2.28. The molecule has 188 valence electrons. The smallest absolute Gasteiger partial charge is 0.331 e. The summed E-state index contributed by atoms with van der Waals surface area (Å²) in [6, 6.07) is 0. The minimum absolute atomic E-state index is 0.0653. The monoisotopic (exact) mass is 480 g/mol. The number of allylic oxidation sites excluding steroid dienone is 1. The molecule has 1 amide bonds. The van der Waals surface area contributed by atoms with E-state index in [1.165, 1.54) is 43.1 Å². The van der Waals surface area contributed by atoms with Gasteiger partial charge in [-0.1, -0.05) is 19.0 Å². The van der Waals surface area contributed by atoms with Gasteiger partial charge in [-0.2, -0.15) is 0 Å². The zero-order valence-corrected chi connectivity index (χ0v) is 22.5. The van der Waals surface area contributed by atoms with E-state index in [-0.39, 0.29) is 17.8 Å². The van der Waals surface area contributed by atoms with E-state index in [1.54, 1.807) is 20.8 Å². The molecule has 0 heterocycles. The Morgan fingerprint density at radius 3 is 2.12 bits per heavy atom. The maximum atomic E-state index is 12.3. The summed E-state index contributed by atoms with van der Waals surface area (Å²) in [4.78, 5) is 38.2. The van der Waals surface area contributed by atoms with Crippen LogP contribution in [0.5, 0.6) is 0 Å². The molecule has 0 spiro atoms. The first-order chi connectivity index (χ1) is 15.5. The van der Waals surface area contributed by atoms with Crippen molar-refractivity contribution in [3.8, 4) is 0 Å². The van der Waals surface area contributed by atoms with Gasteiger partial charge in [0.05, 0.1) is 11.6 Å². The minimum atomic E-state index is -0.383. The van der Waals surface area contributed by atoms with Crippen LogP contribution >= 0.6 is 11.8 Å². The van der Waals surface area contributed by atoms with Crippen molar-refractivity contribution in [2.75, 3.05) is 12.3 Å². The highest BCUT2D eigenvalue weighted by atomic mass is 32.2. The van der Waals surface area contributed by atoms with Crippen molar-refractivity contribution in [2.24, 2.45) is 28.8 Å². The lowest BCUT2D eigenvalue weighted by atomic mass is 9.84. The van der Waals surface area contributed by atoms with E-state index in [9.17, 15) is 14.4 Å². The highest BCUT2D eigenvalue weighted by Crippen LogP contribution is 2.39. The normalized spacial score (nSPS) is 20.3. The number of hydrogen-bond acceptors (Lipinski definition) is 6. The second kappa shape index (κ2) is 15.3. The fourth-order valence-corrected chi connectivity index (χ4v) is 4.47. The van der Waals surface area contributed by atoms with Crippen LogP contribution < -0.4 is 5.32 Å². The molecule has 2 atom stereocenters. The van der Waals surface area contributed by atoms with Crippen LogP contribution in [0, 0.1) is 23.7 Å². The average Bonchev–Trinajstić information content (AvgIpc) is 3.65. The van der Waals surface area contributed by atoms with E-state index in [2.05, 4.69) is 36.1 Å². The van der Waals surface area contributed by atoms with E-state index in [4.69, 9.17) is 0 Å². The number of hydrogen-bond donors (Lipinski definition) is 1. The summed E-state index contributed by atoms with van der Waals surface area (Å²) in [6.45, 7) is 14.0. The van der Waals surface area contributed by atoms with Gasteiger partial charge >= 0.3 is 5.97 Å². The molecule has 0 aromatic carbocycles. The van der Waals surface area contributed by atoms with Gasteiger partial charge in [0, 0.05) is 19.4 Å². The molecule has 2 fully saturated rings. The third-order valence-electron chi connectivity index (χ3n) is 5.80. The van der Waals surface area contributed by atoms with Gasteiger partial charge in [-0.3, -0.25) is 9.59 Å². The van der Waals surface area contributed by atoms with Gasteiger partial charge in [0.15, 0.2) is 0 Å². The summed E-state index contributed by atoms with van der Waals surface area (Å²) in [5.41, 5.74) is 2.15. The summed E-state index contributed by atoms with van der Waals surface area (Å²) in [5, 5.41) is 6.53. The first kappa shape index (κ1) is 29.4. The van der Waals surface area contributed by atoms with E-state index in [0.29, 0.717) is 11.7 Å². The molecule has 0 bridgehead atoms. The number of nitrogens with zero attached hydrogens (tertiary/aromatic N) is 1. The Hall–Kier alpha value is -1.63. The molecule has 1 N–H and O–H groups in total. The van der Waals surface area contributed by atoms with Crippen LogP contribution in [0.1, 0.15) is 93.4 Å². The molecule has 3 rings (SSSR count). The number of carbonyl (C=O) groups excluding carboxylic acids is 3. The Balaban J connectivity index is 0.000000319. The third kappa shape index (κ3) is 13.6. The molecule has 0 aromatic rings. The number of thioether (sulfide) groups is 1. The summed E-state index contributed by atoms with van der Waals surface area (Å²) in [6.07, 6.45) is 8.46. The molecular formula is C26H44N2O4S. The van der Waals surface area contributed by atoms with E-state index in [1.807, 2.05) is 11.8 Å². The van der Waals surface area contributed by atoms with Crippen LogP contribution in [-0.4, -0.2) is 35.7 Å². The molecule has 33 heavy (non-hydrogen) atoms. The SMILES string of the molecule is CC(=O)C1CC1.CC(=O)ON=C(C)C.CCSC1=C(C(C)C(=O)NCC2CC2)CC(C)CC1. The predicted molar refractivity (Wildman–Crippen MR) is 137 cm³/mol. The number of amides is 1. The first-order valence-corrected chi connectivity index (χ1v) is 13.3. The van der Waals surface area contributed by atoms with Crippen molar-refractivity contribution in [1.82, 2.24) is 5.32 Å². The Labute approximate surface area is 204 Å². The van der Waals surface area contributed by atoms with Crippen LogP contribution in [-0.2, 0) is 19.2 Å². The van der Waals surface area contributed by atoms with Crippen molar-refractivity contribution >= 4 is 35.1 Å². The fourth-order valence-electron chi connectivity index (χ4n) is 3.41. The van der Waals surface area contributed by atoms with E-state index < -0.39 is 0 Å². The Kier molecular flexibility index (Phi) is 13.6. The highest BCUT2D eigenvalue weighted by molar-refractivity contribution is 8.03. The molecule has 0 aromatic heterocycles. The quantitative estimate of drug-likeness (QED) is 0.265. The van der Waals surface area contributed by atoms with Crippen molar-refractivity contribution in [3.63, 3.8) is 0 Å². The van der Waals surface area contributed by atoms with Gasteiger partial charge in [0.1, 0.15) is 5.78 Å². The summed E-state index contributed by atoms with van der Waals surface area (Å²) in [7, 11) is 0. The Morgan fingerprint density at radius 2 is 1.73 bits per heavy atom. The number of oxime groups is 1. The average molecular weight is 481 g/mol. The van der Waals surface area contributed by atoms with Gasteiger partial charge in [-0.15, -0.1) is 11.8 Å².